The number of halogens is 1. The van der Waals surface area contributed by atoms with E-state index in [0.29, 0.717) is 17.1 Å². The summed E-state index contributed by atoms with van der Waals surface area (Å²) in [6, 6.07) is 1.60. The Kier molecular flexibility index (Phi) is 3.43. The maximum atomic E-state index is 9.58. The molecule has 4 nitrogen and oxygen atoms in total. The number of phenolic OH excluding ortho intramolecular Hbond substituents is 1. The largest absolute Gasteiger partial charge is 0.506 e. The molecule has 0 aliphatic heterocycles. The summed E-state index contributed by atoms with van der Waals surface area (Å²) in [5, 5.41) is 9.70. The number of methoxy groups -OCH3 is 2. The molecule has 1 aromatic rings. The molecular weight excluding hydrogens is 206 g/mol. The van der Waals surface area contributed by atoms with Gasteiger partial charge in [-0.15, -0.1) is 0 Å². The molecule has 0 aromatic heterocycles. The summed E-state index contributed by atoms with van der Waals surface area (Å²) < 4.78 is 10.0. The molecule has 0 bridgehead atoms. The summed E-state index contributed by atoms with van der Waals surface area (Å²) in [6.45, 7) is 0.186. The second kappa shape index (κ2) is 4.39. The average molecular weight is 218 g/mol. The third-order valence-corrected chi connectivity index (χ3v) is 2.24. The van der Waals surface area contributed by atoms with Crippen LogP contribution >= 0.6 is 11.6 Å². The topological polar surface area (TPSA) is 64.7 Å². The Bertz CT molecular complexity index is 341. The zero-order valence-electron chi connectivity index (χ0n) is 8.00. The molecule has 0 amide bonds. The second-order valence-corrected chi connectivity index (χ2v) is 3.02. The van der Waals surface area contributed by atoms with E-state index in [4.69, 9.17) is 26.8 Å². The highest BCUT2D eigenvalue weighted by molar-refractivity contribution is 6.33. The van der Waals surface area contributed by atoms with Crippen molar-refractivity contribution in [1.82, 2.24) is 0 Å². The predicted molar refractivity (Wildman–Crippen MR) is 54.1 cm³/mol. The second-order valence-electron chi connectivity index (χ2n) is 2.64. The number of hydrogen-bond acceptors (Lipinski definition) is 4. The van der Waals surface area contributed by atoms with Crippen LogP contribution in [-0.2, 0) is 6.54 Å². The number of phenols is 1. The number of aromatic hydroxyl groups is 1. The van der Waals surface area contributed by atoms with Crippen LogP contribution in [0.25, 0.3) is 0 Å². The van der Waals surface area contributed by atoms with Crippen LogP contribution in [0.1, 0.15) is 5.56 Å². The van der Waals surface area contributed by atoms with Gasteiger partial charge in [0.05, 0.1) is 14.2 Å². The van der Waals surface area contributed by atoms with Crippen LogP contribution < -0.4 is 15.2 Å². The monoisotopic (exact) mass is 217 g/mol. The quantitative estimate of drug-likeness (QED) is 0.806. The van der Waals surface area contributed by atoms with E-state index < -0.39 is 0 Å². The van der Waals surface area contributed by atoms with Gasteiger partial charge < -0.3 is 20.3 Å². The van der Waals surface area contributed by atoms with Crippen LogP contribution in [0.2, 0.25) is 5.02 Å². The van der Waals surface area contributed by atoms with Crippen molar-refractivity contribution in [1.29, 1.82) is 0 Å². The first-order valence-corrected chi connectivity index (χ1v) is 4.35. The Morgan fingerprint density at radius 2 is 2.07 bits per heavy atom. The Hall–Kier alpha value is -1.13. The molecule has 0 saturated carbocycles. The van der Waals surface area contributed by atoms with Crippen molar-refractivity contribution in [3.05, 3.63) is 16.7 Å². The molecule has 0 spiro atoms. The predicted octanol–water partition coefficient (Wildman–Crippen LogP) is 1.52. The summed E-state index contributed by atoms with van der Waals surface area (Å²) in [7, 11) is 2.94. The molecule has 0 unspecified atom stereocenters. The third-order valence-electron chi connectivity index (χ3n) is 1.88. The third kappa shape index (κ3) is 1.71. The first-order valence-electron chi connectivity index (χ1n) is 3.98. The van der Waals surface area contributed by atoms with Crippen LogP contribution in [0.15, 0.2) is 6.07 Å². The van der Waals surface area contributed by atoms with E-state index in [1.807, 2.05) is 0 Å². The molecule has 0 heterocycles. The fraction of sp³-hybridized carbons (Fsp3) is 0.333. The van der Waals surface area contributed by atoms with Crippen LogP contribution in [0.5, 0.6) is 17.2 Å². The van der Waals surface area contributed by atoms with Gasteiger partial charge in [-0.05, 0) is 6.07 Å². The molecule has 5 heteroatoms. The van der Waals surface area contributed by atoms with Crippen molar-refractivity contribution in [2.24, 2.45) is 5.73 Å². The molecule has 1 aromatic carbocycles. The Morgan fingerprint density at radius 1 is 1.43 bits per heavy atom. The van der Waals surface area contributed by atoms with E-state index in [1.54, 1.807) is 6.07 Å². The minimum atomic E-state index is -0.0631. The van der Waals surface area contributed by atoms with Gasteiger partial charge in [0.2, 0.25) is 0 Å². The first kappa shape index (κ1) is 10.9. The SMILES string of the molecule is COc1cc(CN)c(O)c(Cl)c1OC. The van der Waals surface area contributed by atoms with Crippen molar-refractivity contribution in [2.45, 2.75) is 6.54 Å². The van der Waals surface area contributed by atoms with Crippen molar-refractivity contribution < 1.29 is 14.6 Å². The van der Waals surface area contributed by atoms with Crippen molar-refractivity contribution in [3.63, 3.8) is 0 Å². The first-order chi connectivity index (χ1) is 6.65. The lowest BCUT2D eigenvalue weighted by Crippen LogP contribution is -2.00. The number of hydrogen-bond donors (Lipinski definition) is 2. The summed E-state index contributed by atoms with van der Waals surface area (Å²) in [6.07, 6.45) is 0. The van der Waals surface area contributed by atoms with Crippen LogP contribution in [0, 0.1) is 0 Å². The normalized spacial score (nSPS) is 10.0. The van der Waals surface area contributed by atoms with Gasteiger partial charge in [-0.25, -0.2) is 0 Å². The van der Waals surface area contributed by atoms with Gasteiger partial charge in [0, 0.05) is 12.1 Å². The lowest BCUT2D eigenvalue weighted by Gasteiger charge is -2.12. The molecule has 0 atom stereocenters. The van der Waals surface area contributed by atoms with Crippen LogP contribution in [0.3, 0.4) is 0 Å². The molecule has 0 fully saturated rings. The highest BCUT2D eigenvalue weighted by atomic mass is 35.5. The number of ether oxygens (including phenoxy) is 2. The molecule has 0 aliphatic carbocycles. The van der Waals surface area contributed by atoms with E-state index in [2.05, 4.69) is 0 Å². The van der Waals surface area contributed by atoms with Crippen LogP contribution in [-0.4, -0.2) is 19.3 Å². The van der Waals surface area contributed by atoms with Crippen molar-refractivity contribution in [3.8, 4) is 17.2 Å². The van der Waals surface area contributed by atoms with Crippen LogP contribution in [0.4, 0.5) is 0 Å². The molecule has 1 rings (SSSR count). The van der Waals surface area contributed by atoms with Gasteiger partial charge in [0.25, 0.3) is 0 Å². The molecule has 3 N–H and O–H groups in total. The summed E-state index contributed by atoms with van der Waals surface area (Å²) in [5.41, 5.74) is 5.94. The smallest absolute Gasteiger partial charge is 0.183 e. The molecule has 0 saturated heterocycles. The Balaban J connectivity index is 3.38. The zero-order chi connectivity index (χ0) is 10.7. The summed E-state index contributed by atoms with van der Waals surface area (Å²) >= 11 is 5.85. The molecule has 0 radical (unpaired) electrons. The zero-order valence-corrected chi connectivity index (χ0v) is 8.76. The van der Waals surface area contributed by atoms with E-state index in [0.717, 1.165) is 0 Å². The molecule has 0 aliphatic rings. The van der Waals surface area contributed by atoms with Gasteiger partial charge in [-0.1, -0.05) is 11.6 Å². The van der Waals surface area contributed by atoms with Gasteiger partial charge in [-0.3, -0.25) is 0 Å². The molecule has 14 heavy (non-hydrogen) atoms. The minimum Gasteiger partial charge on any atom is -0.506 e. The van der Waals surface area contributed by atoms with E-state index in [1.165, 1.54) is 14.2 Å². The maximum absolute atomic E-state index is 9.58. The van der Waals surface area contributed by atoms with Crippen molar-refractivity contribution >= 4 is 11.6 Å². The number of nitrogens with two attached hydrogens (primary N) is 1. The molecular formula is C9H12ClNO3. The van der Waals surface area contributed by atoms with Gasteiger partial charge in [0.15, 0.2) is 11.5 Å². The number of benzene rings is 1. The van der Waals surface area contributed by atoms with Gasteiger partial charge >= 0.3 is 0 Å². The van der Waals surface area contributed by atoms with Gasteiger partial charge in [-0.2, -0.15) is 0 Å². The Labute approximate surface area is 87.2 Å². The highest BCUT2D eigenvalue weighted by Crippen LogP contribution is 2.43. The van der Waals surface area contributed by atoms with E-state index >= 15 is 0 Å². The van der Waals surface area contributed by atoms with E-state index in [9.17, 15) is 5.11 Å². The minimum absolute atomic E-state index is 0.0631. The van der Waals surface area contributed by atoms with Gasteiger partial charge in [0.1, 0.15) is 10.8 Å². The lowest BCUT2D eigenvalue weighted by molar-refractivity contribution is 0.350. The highest BCUT2D eigenvalue weighted by Gasteiger charge is 2.16. The number of rotatable bonds is 3. The molecule has 78 valence electrons. The standard InChI is InChI=1S/C9H12ClNO3/c1-13-6-3-5(4-11)8(12)7(10)9(6)14-2/h3,12H,4,11H2,1-2H3. The van der Waals surface area contributed by atoms with Crippen molar-refractivity contribution in [2.75, 3.05) is 14.2 Å². The lowest BCUT2D eigenvalue weighted by atomic mass is 10.1. The Morgan fingerprint density at radius 3 is 2.50 bits per heavy atom. The fourth-order valence-electron chi connectivity index (χ4n) is 1.15. The van der Waals surface area contributed by atoms with E-state index in [-0.39, 0.29) is 17.3 Å². The summed E-state index contributed by atoms with van der Waals surface area (Å²) in [4.78, 5) is 0. The maximum Gasteiger partial charge on any atom is 0.183 e. The average Bonchev–Trinajstić information content (AvgIpc) is 2.21. The fourth-order valence-corrected chi connectivity index (χ4v) is 1.44. The summed E-state index contributed by atoms with van der Waals surface area (Å²) in [5.74, 6) is 0.700.